The summed E-state index contributed by atoms with van der Waals surface area (Å²) in [7, 11) is 1.80. The highest BCUT2D eigenvalue weighted by Crippen LogP contribution is 2.33. The van der Waals surface area contributed by atoms with Gasteiger partial charge in [0.2, 0.25) is 0 Å². The number of hydrogen-bond donors (Lipinski definition) is 1. The molecule has 0 aliphatic carbocycles. The molecule has 3 aromatic heterocycles. The minimum atomic E-state index is -0.0444. The van der Waals surface area contributed by atoms with E-state index in [1.807, 2.05) is 23.6 Å². The molecule has 0 aliphatic heterocycles. The van der Waals surface area contributed by atoms with Crippen LogP contribution in [0, 0.1) is 0 Å². The van der Waals surface area contributed by atoms with Gasteiger partial charge in [-0.1, -0.05) is 6.07 Å². The molecule has 0 saturated heterocycles. The second-order valence-electron chi connectivity index (χ2n) is 4.46. The molecule has 1 amide bonds. The summed E-state index contributed by atoms with van der Waals surface area (Å²) in [5, 5.41) is 2.91. The first-order valence-corrected chi connectivity index (χ1v) is 7.76. The topological polar surface area (TPSA) is 59.2 Å². The molecule has 0 saturated carbocycles. The number of anilines is 1. The minimum Gasteiger partial charge on any atom is -0.397 e. The standard InChI is InChI=1S/C14H13N3OS2/c1-17(8-9-3-2-6-19-9)14(18)13-12(15)10-4-5-16-7-11(10)20-13/h2-7H,8,15H2,1H3. The quantitative estimate of drug-likeness (QED) is 0.808. The average Bonchev–Trinajstić information content (AvgIpc) is 3.07. The van der Waals surface area contributed by atoms with E-state index in [9.17, 15) is 4.79 Å². The van der Waals surface area contributed by atoms with Crippen molar-refractivity contribution in [2.45, 2.75) is 6.54 Å². The number of carbonyl (C=O) groups is 1. The van der Waals surface area contributed by atoms with Crippen LogP contribution in [0.1, 0.15) is 14.5 Å². The fourth-order valence-corrected chi connectivity index (χ4v) is 3.85. The van der Waals surface area contributed by atoms with E-state index in [0.29, 0.717) is 17.1 Å². The molecule has 0 bridgehead atoms. The first kappa shape index (κ1) is 13.1. The summed E-state index contributed by atoms with van der Waals surface area (Å²) in [4.78, 5) is 20.0. The van der Waals surface area contributed by atoms with E-state index in [1.165, 1.54) is 11.3 Å². The van der Waals surface area contributed by atoms with Crippen LogP contribution in [0.25, 0.3) is 10.1 Å². The summed E-state index contributed by atoms with van der Waals surface area (Å²) >= 11 is 3.04. The Bertz CT molecular complexity index is 749. The molecule has 4 nitrogen and oxygen atoms in total. The van der Waals surface area contributed by atoms with Crippen LogP contribution in [-0.4, -0.2) is 22.8 Å². The van der Waals surface area contributed by atoms with E-state index < -0.39 is 0 Å². The largest absolute Gasteiger partial charge is 0.397 e. The Morgan fingerprint density at radius 1 is 1.45 bits per heavy atom. The Morgan fingerprint density at radius 3 is 3.00 bits per heavy atom. The molecular formula is C14H13N3OS2. The van der Waals surface area contributed by atoms with Crippen LogP contribution < -0.4 is 5.73 Å². The lowest BCUT2D eigenvalue weighted by Gasteiger charge is -2.15. The summed E-state index contributed by atoms with van der Waals surface area (Å²) < 4.78 is 0.942. The van der Waals surface area contributed by atoms with Gasteiger partial charge in [0.25, 0.3) is 5.91 Å². The zero-order valence-corrected chi connectivity index (χ0v) is 12.5. The molecular weight excluding hydrogens is 290 g/mol. The number of carbonyl (C=O) groups excluding carboxylic acids is 1. The molecule has 0 aromatic carbocycles. The van der Waals surface area contributed by atoms with Crippen molar-refractivity contribution in [3.05, 3.63) is 45.7 Å². The second kappa shape index (κ2) is 5.22. The van der Waals surface area contributed by atoms with Crippen molar-refractivity contribution in [2.24, 2.45) is 0 Å². The van der Waals surface area contributed by atoms with E-state index in [2.05, 4.69) is 4.98 Å². The molecule has 20 heavy (non-hydrogen) atoms. The van der Waals surface area contributed by atoms with Gasteiger partial charge in [-0.15, -0.1) is 22.7 Å². The molecule has 0 unspecified atom stereocenters. The molecule has 0 radical (unpaired) electrons. The molecule has 3 rings (SSSR count). The molecule has 0 spiro atoms. The van der Waals surface area contributed by atoms with Gasteiger partial charge in [-0.05, 0) is 17.5 Å². The number of fused-ring (bicyclic) bond motifs is 1. The van der Waals surface area contributed by atoms with Crippen molar-refractivity contribution < 1.29 is 4.79 Å². The maximum atomic E-state index is 12.5. The van der Waals surface area contributed by atoms with Crippen molar-refractivity contribution in [3.8, 4) is 0 Å². The predicted molar refractivity (Wildman–Crippen MR) is 84.1 cm³/mol. The molecule has 0 fully saturated rings. The highest BCUT2D eigenvalue weighted by Gasteiger charge is 2.20. The number of pyridine rings is 1. The average molecular weight is 303 g/mol. The molecule has 2 N–H and O–H groups in total. The van der Waals surface area contributed by atoms with E-state index >= 15 is 0 Å². The second-order valence-corrected chi connectivity index (χ2v) is 6.54. The lowest BCUT2D eigenvalue weighted by atomic mass is 10.2. The zero-order valence-electron chi connectivity index (χ0n) is 10.9. The highest BCUT2D eigenvalue weighted by molar-refractivity contribution is 7.21. The number of hydrogen-bond acceptors (Lipinski definition) is 5. The van der Waals surface area contributed by atoms with Gasteiger partial charge < -0.3 is 10.6 Å². The van der Waals surface area contributed by atoms with E-state index in [1.54, 1.807) is 35.7 Å². The number of nitrogens with two attached hydrogens (primary N) is 1. The Hall–Kier alpha value is -1.92. The van der Waals surface area contributed by atoms with Gasteiger partial charge in [0, 0.05) is 29.7 Å². The van der Waals surface area contributed by atoms with Crippen LogP contribution >= 0.6 is 22.7 Å². The van der Waals surface area contributed by atoms with Crippen LogP contribution in [0.2, 0.25) is 0 Å². The van der Waals surface area contributed by atoms with Gasteiger partial charge in [-0.25, -0.2) is 0 Å². The fraction of sp³-hybridized carbons (Fsp3) is 0.143. The molecule has 3 aromatic rings. The SMILES string of the molecule is CN(Cc1cccs1)C(=O)c1sc2cnccc2c1N. The first-order chi connectivity index (χ1) is 9.66. The van der Waals surface area contributed by atoms with Crippen molar-refractivity contribution in [1.29, 1.82) is 0 Å². The molecule has 102 valence electrons. The Balaban J connectivity index is 1.90. The van der Waals surface area contributed by atoms with E-state index in [4.69, 9.17) is 5.73 Å². The van der Waals surface area contributed by atoms with Gasteiger partial charge in [0.1, 0.15) is 4.88 Å². The normalized spacial score (nSPS) is 10.8. The summed E-state index contributed by atoms with van der Waals surface area (Å²) in [5.74, 6) is -0.0444. The van der Waals surface area contributed by atoms with Crippen LogP contribution in [0.3, 0.4) is 0 Å². The predicted octanol–water partition coefficient (Wildman–Crippen LogP) is 3.21. The number of thiophene rings is 2. The Labute approximate surface area is 124 Å². The lowest BCUT2D eigenvalue weighted by molar-refractivity contribution is 0.0792. The number of aromatic nitrogens is 1. The molecule has 0 aliphatic rings. The highest BCUT2D eigenvalue weighted by atomic mass is 32.1. The Morgan fingerprint density at radius 2 is 2.30 bits per heavy atom. The summed E-state index contributed by atoms with van der Waals surface area (Å²) in [5.41, 5.74) is 6.64. The summed E-state index contributed by atoms with van der Waals surface area (Å²) in [6.07, 6.45) is 3.43. The number of nitrogen functional groups attached to an aromatic ring is 1. The van der Waals surface area contributed by atoms with Gasteiger partial charge in [0.05, 0.1) is 16.9 Å². The third-order valence-electron chi connectivity index (χ3n) is 3.05. The van der Waals surface area contributed by atoms with Gasteiger partial charge in [-0.2, -0.15) is 0 Å². The van der Waals surface area contributed by atoms with Crippen LogP contribution in [0.4, 0.5) is 5.69 Å². The molecule has 0 atom stereocenters. The minimum absolute atomic E-state index is 0.0444. The number of nitrogens with zero attached hydrogens (tertiary/aromatic N) is 2. The van der Waals surface area contributed by atoms with Gasteiger partial charge >= 0.3 is 0 Å². The van der Waals surface area contributed by atoms with E-state index in [0.717, 1.165) is 15.0 Å². The monoisotopic (exact) mass is 303 g/mol. The third kappa shape index (κ3) is 2.28. The van der Waals surface area contributed by atoms with Crippen LogP contribution in [0.5, 0.6) is 0 Å². The maximum Gasteiger partial charge on any atom is 0.266 e. The van der Waals surface area contributed by atoms with Gasteiger partial charge in [0.15, 0.2) is 0 Å². The van der Waals surface area contributed by atoms with Gasteiger partial charge in [-0.3, -0.25) is 9.78 Å². The summed E-state index contributed by atoms with van der Waals surface area (Å²) in [6.45, 7) is 0.600. The fourth-order valence-electron chi connectivity index (χ4n) is 2.01. The van der Waals surface area contributed by atoms with Crippen LogP contribution in [0.15, 0.2) is 36.0 Å². The number of rotatable bonds is 3. The Kier molecular flexibility index (Phi) is 3.42. The van der Waals surface area contributed by atoms with Crippen molar-refractivity contribution in [3.63, 3.8) is 0 Å². The molecule has 6 heteroatoms. The lowest BCUT2D eigenvalue weighted by Crippen LogP contribution is -2.25. The smallest absolute Gasteiger partial charge is 0.266 e. The van der Waals surface area contributed by atoms with Crippen molar-refractivity contribution in [1.82, 2.24) is 9.88 Å². The molecule has 3 heterocycles. The van der Waals surface area contributed by atoms with E-state index in [-0.39, 0.29) is 5.91 Å². The summed E-state index contributed by atoms with van der Waals surface area (Å²) in [6, 6.07) is 5.85. The number of amides is 1. The maximum absolute atomic E-state index is 12.5. The first-order valence-electron chi connectivity index (χ1n) is 6.06. The van der Waals surface area contributed by atoms with Crippen molar-refractivity contribution in [2.75, 3.05) is 12.8 Å². The van der Waals surface area contributed by atoms with Crippen LogP contribution in [-0.2, 0) is 6.54 Å². The zero-order chi connectivity index (χ0) is 14.1. The van der Waals surface area contributed by atoms with Crippen molar-refractivity contribution >= 4 is 44.4 Å². The third-order valence-corrected chi connectivity index (χ3v) is 5.05.